The molecule has 1 N–H and O–H groups in total. The van der Waals surface area contributed by atoms with E-state index in [9.17, 15) is 14.4 Å². The number of carbonyl (C=O) groups is 3. The summed E-state index contributed by atoms with van der Waals surface area (Å²) in [5, 5.41) is 2.68. The highest BCUT2D eigenvalue weighted by atomic mass is 16.2. The number of imide groups is 1. The molecule has 0 spiro atoms. The second-order valence-electron chi connectivity index (χ2n) is 6.62. The summed E-state index contributed by atoms with van der Waals surface area (Å²) in [6, 6.07) is 6.90. The van der Waals surface area contributed by atoms with Crippen LogP contribution in [0.25, 0.3) is 0 Å². The maximum Gasteiger partial charge on any atom is 0.237 e. The Labute approximate surface area is 128 Å². The second kappa shape index (κ2) is 4.66. The minimum atomic E-state index is -0.146. The molecule has 4 atom stereocenters. The quantitative estimate of drug-likeness (QED) is 0.851. The van der Waals surface area contributed by atoms with Crippen LogP contribution in [0, 0.1) is 23.7 Å². The van der Waals surface area contributed by atoms with Gasteiger partial charge in [-0.15, -0.1) is 0 Å². The average molecular weight is 298 g/mol. The van der Waals surface area contributed by atoms with E-state index in [1.54, 1.807) is 24.3 Å². The molecule has 2 bridgehead atoms. The third-order valence-corrected chi connectivity index (χ3v) is 5.37. The lowest BCUT2D eigenvalue weighted by Crippen LogP contribution is -2.32. The van der Waals surface area contributed by atoms with Crippen LogP contribution in [0.5, 0.6) is 0 Å². The molecule has 1 aromatic rings. The van der Waals surface area contributed by atoms with Gasteiger partial charge in [0.2, 0.25) is 17.7 Å². The first-order valence-corrected chi connectivity index (χ1v) is 7.81. The van der Waals surface area contributed by atoms with Gasteiger partial charge in [0.05, 0.1) is 17.5 Å². The summed E-state index contributed by atoms with van der Waals surface area (Å²) in [5.74, 6) is 0.392. The van der Waals surface area contributed by atoms with Crippen LogP contribution in [0.4, 0.5) is 11.4 Å². The lowest BCUT2D eigenvalue weighted by atomic mass is 9.81. The van der Waals surface area contributed by atoms with Crippen LogP contribution in [-0.2, 0) is 14.4 Å². The number of anilines is 2. The molecule has 2 aliphatic carbocycles. The SMILES string of the molecule is CC(=O)Nc1ccc(N2C(=O)C3C4CCC(C4)C3C2=O)cc1. The number of hydrogen-bond acceptors (Lipinski definition) is 3. The Hall–Kier alpha value is -2.17. The van der Waals surface area contributed by atoms with Crippen molar-refractivity contribution in [2.45, 2.75) is 26.2 Å². The van der Waals surface area contributed by atoms with Crippen LogP contribution in [0.2, 0.25) is 0 Å². The highest BCUT2D eigenvalue weighted by molar-refractivity contribution is 6.22. The fraction of sp³-hybridized carbons (Fsp3) is 0.471. The standard InChI is InChI=1S/C17H18N2O3/c1-9(20)18-12-4-6-13(7-5-12)19-16(21)14-10-2-3-11(8-10)15(14)17(19)22/h4-7,10-11,14-15H,2-3,8H2,1H3,(H,18,20). The smallest absolute Gasteiger partial charge is 0.237 e. The maximum absolute atomic E-state index is 12.7. The molecule has 4 unspecified atom stereocenters. The molecule has 114 valence electrons. The normalized spacial score (nSPS) is 32.5. The third kappa shape index (κ3) is 1.81. The first-order chi connectivity index (χ1) is 10.6. The van der Waals surface area contributed by atoms with Crippen LogP contribution in [0.3, 0.4) is 0 Å². The Morgan fingerprint density at radius 1 is 1.05 bits per heavy atom. The van der Waals surface area contributed by atoms with Gasteiger partial charge in [-0.3, -0.25) is 19.3 Å². The fourth-order valence-corrected chi connectivity index (χ4v) is 4.56. The molecule has 1 aliphatic heterocycles. The van der Waals surface area contributed by atoms with Gasteiger partial charge in [-0.1, -0.05) is 0 Å². The van der Waals surface area contributed by atoms with Crippen LogP contribution in [0.1, 0.15) is 26.2 Å². The van der Waals surface area contributed by atoms with E-state index in [2.05, 4.69) is 5.32 Å². The number of nitrogens with zero attached hydrogens (tertiary/aromatic N) is 1. The molecule has 0 radical (unpaired) electrons. The molecule has 2 saturated carbocycles. The summed E-state index contributed by atoms with van der Waals surface area (Å²) in [6.45, 7) is 1.44. The van der Waals surface area contributed by atoms with E-state index in [1.807, 2.05) is 0 Å². The van der Waals surface area contributed by atoms with Gasteiger partial charge in [0, 0.05) is 12.6 Å². The molecule has 22 heavy (non-hydrogen) atoms. The van der Waals surface area contributed by atoms with E-state index in [4.69, 9.17) is 0 Å². The lowest BCUT2D eigenvalue weighted by molar-refractivity contribution is -0.123. The summed E-state index contributed by atoms with van der Waals surface area (Å²) in [4.78, 5) is 37.8. The Kier molecular flexibility index (Phi) is 2.86. The molecular formula is C17H18N2O3. The topological polar surface area (TPSA) is 66.5 Å². The monoisotopic (exact) mass is 298 g/mol. The fourth-order valence-electron chi connectivity index (χ4n) is 4.56. The zero-order valence-corrected chi connectivity index (χ0v) is 12.4. The predicted octanol–water partition coefficient (Wildman–Crippen LogP) is 2.18. The van der Waals surface area contributed by atoms with Crippen molar-refractivity contribution in [1.29, 1.82) is 0 Å². The van der Waals surface area contributed by atoms with Crippen molar-refractivity contribution in [2.24, 2.45) is 23.7 Å². The van der Waals surface area contributed by atoms with E-state index in [0.717, 1.165) is 19.3 Å². The molecule has 1 aromatic carbocycles. The van der Waals surface area contributed by atoms with Gasteiger partial charge in [-0.2, -0.15) is 0 Å². The number of hydrogen-bond donors (Lipinski definition) is 1. The van der Waals surface area contributed by atoms with Crippen molar-refractivity contribution >= 4 is 29.1 Å². The van der Waals surface area contributed by atoms with Crippen molar-refractivity contribution in [3.63, 3.8) is 0 Å². The number of carbonyl (C=O) groups excluding carboxylic acids is 3. The summed E-state index contributed by atoms with van der Waals surface area (Å²) in [6.07, 6.45) is 3.21. The van der Waals surface area contributed by atoms with Gasteiger partial charge in [-0.05, 0) is 55.4 Å². The Balaban J connectivity index is 1.62. The van der Waals surface area contributed by atoms with Gasteiger partial charge in [0.15, 0.2) is 0 Å². The van der Waals surface area contributed by atoms with E-state index in [0.29, 0.717) is 23.2 Å². The largest absolute Gasteiger partial charge is 0.326 e. The Bertz CT molecular complexity index is 639. The number of nitrogens with one attached hydrogen (secondary N) is 1. The zero-order valence-electron chi connectivity index (χ0n) is 12.4. The summed E-state index contributed by atoms with van der Waals surface area (Å²) < 4.78 is 0. The zero-order chi connectivity index (χ0) is 15.4. The van der Waals surface area contributed by atoms with E-state index in [-0.39, 0.29) is 29.6 Å². The van der Waals surface area contributed by atoms with E-state index >= 15 is 0 Å². The third-order valence-electron chi connectivity index (χ3n) is 5.37. The van der Waals surface area contributed by atoms with Crippen molar-refractivity contribution in [3.8, 4) is 0 Å². The first-order valence-electron chi connectivity index (χ1n) is 7.81. The molecule has 0 aromatic heterocycles. The molecule has 3 aliphatic rings. The minimum Gasteiger partial charge on any atom is -0.326 e. The van der Waals surface area contributed by atoms with E-state index in [1.165, 1.54) is 11.8 Å². The first kappa shape index (κ1) is 13.5. The molecule has 4 rings (SSSR count). The van der Waals surface area contributed by atoms with Crippen molar-refractivity contribution in [3.05, 3.63) is 24.3 Å². The molecule has 3 amide bonds. The van der Waals surface area contributed by atoms with Gasteiger partial charge in [0.1, 0.15) is 0 Å². The van der Waals surface area contributed by atoms with E-state index < -0.39 is 0 Å². The molecule has 5 nitrogen and oxygen atoms in total. The Morgan fingerprint density at radius 2 is 1.59 bits per heavy atom. The second-order valence-corrected chi connectivity index (χ2v) is 6.62. The summed E-state index contributed by atoms with van der Waals surface area (Å²) >= 11 is 0. The number of rotatable bonds is 2. The highest BCUT2D eigenvalue weighted by Crippen LogP contribution is 2.56. The van der Waals surface area contributed by atoms with Gasteiger partial charge in [0.25, 0.3) is 0 Å². The molecule has 1 heterocycles. The van der Waals surface area contributed by atoms with Gasteiger partial charge in [-0.25, -0.2) is 0 Å². The number of fused-ring (bicyclic) bond motifs is 5. The van der Waals surface area contributed by atoms with Crippen molar-refractivity contribution < 1.29 is 14.4 Å². The molecule has 5 heteroatoms. The predicted molar refractivity (Wildman–Crippen MR) is 81.0 cm³/mol. The van der Waals surface area contributed by atoms with Crippen LogP contribution < -0.4 is 10.2 Å². The highest BCUT2D eigenvalue weighted by Gasteiger charge is 2.61. The van der Waals surface area contributed by atoms with Crippen LogP contribution >= 0.6 is 0 Å². The minimum absolute atomic E-state index is 0.0329. The average Bonchev–Trinajstić information content (AvgIpc) is 3.14. The van der Waals surface area contributed by atoms with Crippen molar-refractivity contribution in [2.75, 3.05) is 10.2 Å². The molecular weight excluding hydrogens is 280 g/mol. The maximum atomic E-state index is 12.7. The van der Waals surface area contributed by atoms with Gasteiger partial charge < -0.3 is 5.32 Å². The van der Waals surface area contributed by atoms with Crippen LogP contribution in [-0.4, -0.2) is 17.7 Å². The number of benzene rings is 1. The van der Waals surface area contributed by atoms with Crippen molar-refractivity contribution in [1.82, 2.24) is 0 Å². The van der Waals surface area contributed by atoms with Crippen LogP contribution in [0.15, 0.2) is 24.3 Å². The molecule has 1 saturated heterocycles. The summed E-state index contributed by atoms with van der Waals surface area (Å²) in [7, 11) is 0. The summed E-state index contributed by atoms with van der Waals surface area (Å²) in [5.41, 5.74) is 1.27. The molecule has 3 fully saturated rings. The van der Waals surface area contributed by atoms with Gasteiger partial charge >= 0.3 is 0 Å². The lowest BCUT2D eigenvalue weighted by Gasteiger charge is -2.19. The number of amides is 3. The Morgan fingerprint density at radius 3 is 2.09 bits per heavy atom.